The van der Waals surface area contributed by atoms with Crippen LogP contribution in [-0.2, 0) is 4.74 Å². The second-order valence-electron chi connectivity index (χ2n) is 6.58. The number of benzene rings is 1. The van der Waals surface area contributed by atoms with Crippen molar-refractivity contribution >= 4 is 45.2 Å². The van der Waals surface area contributed by atoms with Crippen LogP contribution in [0.5, 0.6) is 0 Å². The predicted molar refractivity (Wildman–Crippen MR) is 106 cm³/mol. The van der Waals surface area contributed by atoms with E-state index in [1.807, 2.05) is 30.7 Å². The maximum absolute atomic E-state index is 11.8. The number of nitrogens with one attached hydrogen (secondary N) is 1. The van der Waals surface area contributed by atoms with Crippen molar-refractivity contribution in [3.8, 4) is 11.4 Å². The molecule has 0 amide bonds. The van der Waals surface area contributed by atoms with E-state index in [0.29, 0.717) is 27.5 Å². The molecule has 0 bridgehead atoms. The molecule has 3 aromatic heterocycles. The average molecular weight is 384 g/mol. The molecule has 138 valence electrons. The fraction of sp³-hybridized carbons (Fsp3) is 0.211. The Balaban J connectivity index is 1.97. The number of ether oxygens (including phenoxy) is 1. The smallest absolute Gasteiger partial charge is 0.337 e. The molecule has 0 unspecified atom stereocenters. The summed E-state index contributed by atoms with van der Waals surface area (Å²) in [6.45, 7) is 4.05. The first kappa shape index (κ1) is 17.4. The SMILES string of the molecule is COC(=O)c1ccc2cc(-c3nn(C(C)C)c4c(Cl)cnc(N)c34)[nH]c2c1. The van der Waals surface area contributed by atoms with E-state index in [1.54, 1.807) is 12.1 Å². The molecule has 4 rings (SSSR count). The molecule has 0 radical (unpaired) electrons. The lowest BCUT2D eigenvalue weighted by atomic mass is 10.1. The van der Waals surface area contributed by atoms with Gasteiger partial charge in [-0.05, 0) is 32.0 Å². The van der Waals surface area contributed by atoms with Crippen LogP contribution in [0.4, 0.5) is 5.82 Å². The molecule has 0 atom stereocenters. The van der Waals surface area contributed by atoms with E-state index in [4.69, 9.17) is 27.2 Å². The summed E-state index contributed by atoms with van der Waals surface area (Å²) < 4.78 is 6.63. The van der Waals surface area contributed by atoms with Gasteiger partial charge in [0.05, 0.1) is 40.5 Å². The Morgan fingerprint density at radius 2 is 2.11 bits per heavy atom. The van der Waals surface area contributed by atoms with E-state index in [2.05, 4.69) is 9.97 Å². The Hall–Kier alpha value is -3.06. The first-order valence-electron chi connectivity index (χ1n) is 8.44. The summed E-state index contributed by atoms with van der Waals surface area (Å²) in [5.41, 5.74) is 9.62. The monoisotopic (exact) mass is 383 g/mol. The van der Waals surface area contributed by atoms with Crippen LogP contribution in [0.15, 0.2) is 30.5 Å². The number of carbonyl (C=O) groups is 1. The van der Waals surface area contributed by atoms with Crippen LogP contribution in [-0.4, -0.2) is 32.8 Å². The Labute approximate surface area is 160 Å². The third-order valence-corrected chi connectivity index (χ3v) is 4.77. The number of aromatic amines is 1. The number of hydrogen-bond donors (Lipinski definition) is 2. The van der Waals surface area contributed by atoms with Crippen LogP contribution < -0.4 is 5.73 Å². The van der Waals surface area contributed by atoms with Gasteiger partial charge in [-0.15, -0.1) is 0 Å². The van der Waals surface area contributed by atoms with Crippen molar-refractivity contribution in [3.05, 3.63) is 41.0 Å². The standard InChI is InChI=1S/C19H18ClN5O2/c1-9(2)25-17-12(20)8-22-18(21)15(17)16(24-25)14-6-10-4-5-11(19(26)27-3)7-13(10)23-14/h4-9,23H,1-3H3,(H2,21,22). The van der Waals surface area contributed by atoms with Gasteiger partial charge in [-0.1, -0.05) is 17.7 Å². The molecule has 0 aliphatic rings. The first-order valence-corrected chi connectivity index (χ1v) is 8.82. The van der Waals surface area contributed by atoms with Crippen molar-refractivity contribution in [2.24, 2.45) is 0 Å². The largest absolute Gasteiger partial charge is 0.465 e. The highest BCUT2D eigenvalue weighted by Gasteiger charge is 2.21. The fourth-order valence-electron chi connectivity index (χ4n) is 3.22. The van der Waals surface area contributed by atoms with Crippen molar-refractivity contribution in [2.75, 3.05) is 12.8 Å². The summed E-state index contributed by atoms with van der Waals surface area (Å²) in [4.78, 5) is 19.3. The van der Waals surface area contributed by atoms with Crippen molar-refractivity contribution in [3.63, 3.8) is 0 Å². The molecule has 8 heteroatoms. The number of anilines is 1. The first-order chi connectivity index (χ1) is 12.9. The van der Waals surface area contributed by atoms with Crippen LogP contribution in [0.2, 0.25) is 5.02 Å². The molecule has 0 saturated carbocycles. The maximum Gasteiger partial charge on any atom is 0.337 e. The number of pyridine rings is 1. The molecule has 3 heterocycles. The molecule has 7 nitrogen and oxygen atoms in total. The lowest BCUT2D eigenvalue weighted by molar-refractivity contribution is 0.0601. The number of carbonyl (C=O) groups excluding carboxylic acids is 1. The molecular weight excluding hydrogens is 366 g/mol. The normalized spacial score (nSPS) is 11.6. The van der Waals surface area contributed by atoms with Crippen LogP contribution in [0.25, 0.3) is 33.2 Å². The van der Waals surface area contributed by atoms with Gasteiger partial charge in [-0.25, -0.2) is 9.78 Å². The number of methoxy groups -OCH3 is 1. The molecule has 0 spiro atoms. The van der Waals surface area contributed by atoms with Crippen molar-refractivity contribution in [1.29, 1.82) is 0 Å². The number of nitrogens with two attached hydrogens (primary N) is 1. The van der Waals surface area contributed by atoms with E-state index < -0.39 is 0 Å². The summed E-state index contributed by atoms with van der Waals surface area (Å²) in [5.74, 6) is -0.0204. The second kappa shape index (κ2) is 6.28. The second-order valence-corrected chi connectivity index (χ2v) is 6.99. The predicted octanol–water partition coefficient (Wildman–Crippen LogP) is 4.18. The third-order valence-electron chi connectivity index (χ3n) is 4.50. The number of esters is 1. The number of aromatic nitrogens is 4. The minimum atomic E-state index is -0.386. The molecule has 1 aromatic carbocycles. The summed E-state index contributed by atoms with van der Waals surface area (Å²) in [7, 11) is 1.36. The Kier molecular flexibility index (Phi) is 4.04. The summed E-state index contributed by atoms with van der Waals surface area (Å²) in [5, 5.41) is 6.88. The van der Waals surface area contributed by atoms with Gasteiger partial charge >= 0.3 is 5.97 Å². The van der Waals surface area contributed by atoms with Gasteiger partial charge in [0, 0.05) is 16.9 Å². The van der Waals surface area contributed by atoms with Gasteiger partial charge in [0.15, 0.2) is 0 Å². The highest BCUT2D eigenvalue weighted by molar-refractivity contribution is 6.35. The molecule has 0 saturated heterocycles. The topological polar surface area (TPSA) is 98.8 Å². The quantitative estimate of drug-likeness (QED) is 0.517. The maximum atomic E-state index is 11.8. The summed E-state index contributed by atoms with van der Waals surface area (Å²) in [6, 6.07) is 7.39. The zero-order valence-corrected chi connectivity index (χ0v) is 15.8. The summed E-state index contributed by atoms with van der Waals surface area (Å²) >= 11 is 6.39. The number of fused-ring (bicyclic) bond motifs is 2. The summed E-state index contributed by atoms with van der Waals surface area (Å²) in [6.07, 6.45) is 1.54. The van der Waals surface area contributed by atoms with Gasteiger partial charge in [0.2, 0.25) is 0 Å². The molecular formula is C19H18ClN5O2. The Morgan fingerprint density at radius 1 is 1.33 bits per heavy atom. The van der Waals surface area contributed by atoms with Crippen LogP contribution in [0, 0.1) is 0 Å². The van der Waals surface area contributed by atoms with Gasteiger partial charge < -0.3 is 15.5 Å². The molecule has 4 aromatic rings. The number of nitrogen functional groups attached to an aromatic ring is 1. The van der Waals surface area contributed by atoms with E-state index >= 15 is 0 Å². The molecule has 27 heavy (non-hydrogen) atoms. The fourth-order valence-corrected chi connectivity index (χ4v) is 3.45. The number of H-pyrrole nitrogens is 1. The average Bonchev–Trinajstić information content (AvgIpc) is 3.25. The van der Waals surface area contributed by atoms with Crippen LogP contribution in [0.1, 0.15) is 30.2 Å². The molecule has 0 fully saturated rings. The van der Waals surface area contributed by atoms with Gasteiger partial charge in [-0.2, -0.15) is 5.10 Å². The highest BCUT2D eigenvalue weighted by Crippen LogP contribution is 2.37. The van der Waals surface area contributed by atoms with Crippen LogP contribution in [0.3, 0.4) is 0 Å². The zero-order valence-electron chi connectivity index (χ0n) is 15.1. The van der Waals surface area contributed by atoms with E-state index in [9.17, 15) is 4.79 Å². The van der Waals surface area contributed by atoms with Gasteiger partial charge in [-0.3, -0.25) is 4.68 Å². The minimum absolute atomic E-state index is 0.0934. The van der Waals surface area contributed by atoms with Crippen LogP contribution >= 0.6 is 11.6 Å². The lowest BCUT2D eigenvalue weighted by Crippen LogP contribution is -2.03. The number of nitrogens with zero attached hydrogens (tertiary/aromatic N) is 3. The van der Waals surface area contributed by atoms with Gasteiger partial charge in [0.25, 0.3) is 0 Å². The van der Waals surface area contributed by atoms with E-state index in [1.165, 1.54) is 13.3 Å². The molecule has 0 aliphatic carbocycles. The van der Waals surface area contributed by atoms with E-state index in [0.717, 1.165) is 22.1 Å². The number of rotatable bonds is 3. The van der Waals surface area contributed by atoms with Crippen molar-refractivity contribution in [1.82, 2.24) is 19.7 Å². The minimum Gasteiger partial charge on any atom is -0.465 e. The van der Waals surface area contributed by atoms with Crippen molar-refractivity contribution < 1.29 is 9.53 Å². The molecule has 3 N–H and O–H groups in total. The van der Waals surface area contributed by atoms with E-state index in [-0.39, 0.29) is 12.0 Å². The highest BCUT2D eigenvalue weighted by atomic mass is 35.5. The zero-order chi connectivity index (χ0) is 19.3. The lowest BCUT2D eigenvalue weighted by Gasteiger charge is -2.07. The van der Waals surface area contributed by atoms with Gasteiger partial charge in [0.1, 0.15) is 11.5 Å². The number of hydrogen-bond acceptors (Lipinski definition) is 5. The molecule has 0 aliphatic heterocycles. The number of halogens is 1. The van der Waals surface area contributed by atoms with Crippen molar-refractivity contribution in [2.45, 2.75) is 19.9 Å². The third kappa shape index (κ3) is 2.71. The Morgan fingerprint density at radius 3 is 2.81 bits per heavy atom. The Bertz CT molecular complexity index is 1190.